The molecule has 0 radical (unpaired) electrons. The Morgan fingerprint density at radius 3 is 2.40 bits per heavy atom. The second-order valence-electron chi connectivity index (χ2n) is 4.62. The van der Waals surface area contributed by atoms with E-state index in [0.717, 1.165) is 12.8 Å². The minimum Gasteiger partial charge on any atom is -0.462 e. The van der Waals surface area contributed by atoms with Crippen molar-refractivity contribution in [2.45, 2.75) is 39.7 Å². The van der Waals surface area contributed by atoms with E-state index in [1.54, 1.807) is 24.3 Å². The molecule has 1 aromatic rings. The van der Waals surface area contributed by atoms with E-state index in [0.29, 0.717) is 17.9 Å². The van der Waals surface area contributed by atoms with Crippen molar-refractivity contribution in [3.05, 3.63) is 29.8 Å². The van der Waals surface area contributed by atoms with Crippen LogP contribution in [0.4, 0.5) is 10.5 Å². The molecule has 1 aromatic carbocycles. The number of benzene rings is 1. The summed E-state index contributed by atoms with van der Waals surface area (Å²) < 4.78 is 5.03. The highest BCUT2D eigenvalue weighted by atomic mass is 16.5. The Bertz CT molecular complexity index is 443. The normalized spacial score (nSPS) is 11.6. The van der Waals surface area contributed by atoms with Crippen molar-refractivity contribution in [2.24, 2.45) is 0 Å². The molecule has 0 bridgehead atoms. The van der Waals surface area contributed by atoms with Crippen LogP contribution in [0.15, 0.2) is 24.3 Å². The number of carbonyl (C=O) groups excluding carboxylic acids is 2. The molecule has 0 heterocycles. The summed E-state index contributed by atoms with van der Waals surface area (Å²) in [5.41, 5.74) is 1.11. The highest BCUT2D eigenvalue weighted by molar-refractivity contribution is 5.92. The fraction of sp³-hybridized carbons (Fsp3) is 0.467. The molecule has 0 saturated heterocycles. The summed E-state index contributed by atoms with van der Waals surface area (Å²) in [6.07, 6.45) is 1.66. The van der Waals surface area contributed by atoms with Crippen LogP contribution in [0, 0.1) is 0 Å². The minimum absolute atomic E-state index is 0.123. The summed E-state index contributed by atoms with van der Waals surface area (Å²) >= 11 is 0. The number of ether oxygens (including phenoxy) is 1. The van der Waals surface area contributed by atoms with Gasteiger partial charge < -0.3 is 15.4 Å². The average molecular weight is 278 g/mol. The zero-order valence-corrected chi connectivity index (χ0v) is 12.2. The molecule has 0 saturated carbocycles. The van der Waals surface area contributed by atoms with E-state index in [4.69, 9.17) is 4.74 Å². The third kappa shape index (κ3) is 5.30. The third-order valence-electron chi connectivity index (χ3n) is 2.81. The molecular formula is C15H22N2O3. The smallest absolute Gasteiger partial charge is 0.338 e. The van der Waals surface area contributed by atoms with Crippen molar-refractivity contribution < 1.29 is 14.3 Å². The number of urea groups is 1. The van der Waals surface area contributed by atoms with E-state index < -0.39 is 0 Å². The number of esters is 1. The summed E-state index contributed by atoms with van der Waals surface area (Å²) in [7, 11) is 0. The zero-order chi connectivity index (χ0) is 15.0. The summed E-state index contributed by atoms with van der Waals surface area (Å²) in [5, 5.41) is 5.52. The summed E-state index contributed by atoms with van der Waals surface area (Å²) in [6.45, 7) is 6.29. The maximum absolute atomic E-state index is 11.6. The Labute approximate surface area is 119 Å². The predicted octanol–water partition coefficient (Wildman–Crippen LogP) is 3.17. The van der Waals surface area contributed by atoms with Crippen LogP contribution in [0.5, 0.6) is 0 Å². The first-order valence-corrected chi connectivity index (χ1v) is 6.91. The zero-order valence-electron chi connectivity index (χ0n) is 12.2. The van der Waals surface area contributed by atoms with Crippen LogP contribution >= 0.6 is 0 Å². The van der Waals surface area contributed by atoms with Gasteiger partial charge in [-0.2, -0.15) is 0 Å². The van der Waals surface area contributed by atoms with Crippen LogP contribution in [0.2, 0.25) is 0 Å². The molecule has 1 atom stereocenters. The maximum atomic E-state index is 11.6. The second kappa shape index (κ2) is 8.19. The SMILES string of the molecule is CCCOC(=O)c1ccc(NC(=O)N[C@@H](C)CC)cc1. The molecule has 2 N–H and O–H groups in total. The van der Waals surface area contributed by atoms with Crippen LogP contribution < -0.4 is 10.6 Å². The second-order valence-corrected chi connectivity index (χ2v) is 4.62. The van der Waals surface area contributed by atoms with Gasteiger partial charge in [0.25, 0.3) is 0 Å². The van der Waals surface area contributed by atoms with Gasteiger partial charge in [-0.05, 0) is 44.0 Å². The molecular weight excluding hydrogens is 256 g/mol. The Kier molecular flexibility index (Phi) is 6.56. The number of anilines is 1. The number of carbonyl (C=O) groups is 2. The quantitative estimate of drug-likeness (QED) is 0.785. The van der Waals surface area contributed by atoms with Crippen molar-refractivity contribution >= 4 is 17.7 Å². The lowest BCUT2D eigenvalue weighted by Gasteiger charge is -2.12. The van der Waals surface area contributed by atoms with Crippen molar-refractivity contribution in [2.75, 3.05) is 11.9 Å². The van der Waals surface area contributed by atoms with E-state index in [9.17, 15) is 9.59 Å². The maximum Gasteiger partial charge on any atom is 0.338 e. The van der Waals surface area contributed by atoms with Gasteiger partial charge in [0.15, 0.2) is 0 Å². The van der Waals surface area contributed by atoms with Gasteiger partial charge in [-0.3, -0.25) is 0 Å². The Morgan fingerprint density at radius 1 is 1.20 bits per heavy atom. The van der Waals surface area contributed by atoms with Crippen LogP contribution in [0.3, 0.4) is 0 Å². The molecule has 0 aliphatic carbocycles. The van der Waals surface area contributed by atoms with Gasteiger partial charge in [0.05, 0.1) is 12.2 Å². The highest BCUT2D eigenvalue weighted by Gasteiger charge is 2.08. The Morgan fingerprint density at radius 2 is 1.85 bits per heavy atom. The lowest BCUT2D eigenvalue weighted by atomic mass is 10.2. The average Bonchev–Trinajstić information content (AvgIpc) is 2.45. The predicted molar refractivity (Wildman–Crippen MR) is 78.9 cm³/mol. The summed E-state index contributed by atoms with van der Waals surface area (Å²) in [5.74, 6) is -0.345. The lowest BCUT2D eigenvalue weighted by Crippen LogP contribution is -2.35. The van der Waals surface area contributed by atoms with Crippen LogP contribution in [-0.2, 0) is 4.74 Å². The molecule has 0 unspecified atom stereocenters. The van der Waals surface area contributed by atoms with Gasteiger partial charge >= 0.3 is 12.0 Å². The van der Waals surface area contributed by atoms with Gasteiger partial charge in [0.2, 0.25) is 0 Å². The molecule has 0 aliphatic heterocycles. The molecule has 0 spiro atoms. The monoisotopic (exact) mass is 278 g/mol. The summed E-state index contributed by atoms with van der Waals surface area (Å²) in [4.78, 5) is 23.2. The van der Waals surface area contributed by atoms with Gasteiger partial charge in [0.1, 0.15) is 0 Å². The first-order valence-electron chi connectivity index (χ1n) is 6.91. The minimum atomic E-state index is -0.345. The van der Waals surface area contributed by atoms with Crippen LogP contribution in [0.1, 0.15) is 44.0 Å². The number of nitrogens with one attached hydrogen (secondary N) is 2. The molecule has 0 aromatic heterocycles. The first kappa shape index (κ1) is 16.0. The van der Waals surface area contributed by atoms with E-state index in [2.05, 4.69) is 10.6 Å². The van der Waals surface area contributed by atoms with Gasteiger partial charge in [-0.25, -0.2) is 9.59 Å². The van der Waals surface area contributed by atoms with Crippen molar-refractivity contribution in [1.29, 1.82) is 0 Å². The molecule has 1 rings (SSSR count). The molecule has 0 aliphatic rings. The van der Waals surface area contributed by atoms with Crippen LogP contribution in [0.25, 0.3) is 0 Å². The van der Waals surface area contributed by atoms with E-state index in [1.807, 2.05) is 20.8 Å². The fourth-order valence-electron chi connectivity index (χ4n) is 1.46. The molecule has 110 valence electrons. The highest BCUT2D eigenvalue weighted by Crippen LogP contribution is 2.10. The van der Waals surface area contributed by atoms with Crippen molar-refractivity contribution in [1.82, 2.24) is 5.32 Å². The number of hydrogen-bond donors (Lipinski definition) is 2. The molecule has 5 nitrogen and oxygen atoms in total. The third-order valence-corrected chi connectivity index (χ3v) is 2.81. The fourth-order valence-corrected chi connectivity index (χ4v) is 1.46. The Hall–Kier alpha value is -2.04. The van der Waals surface area contributed by atoms with Crippen LogP contribution in [-0.4, -0.2) is 24.6 Å². The van der Waals surface area contributed by atoms with E-state index in [1.165, 1.54) is 0 Å². The molecule has 20 heavy (non-hydrogen) atoms. The molecule has 0 fully saturated rings. The van der Waals surface area contributed by atoms with Gasteiger partial charge in [-0.1, -0.05) is 13.8 Å². The largest absolute Gasteiger partial charge is 0.462 e. The molecule has 5 heteroatoms. The van der Waals surface area contributed by atoms with E-state index in [-0.39, 0.29) is 18.0 Å². The number of hydrogen-bond acceptors (Lipinski definition) is 3. The lowest BCUT2D eigenvalue weighted by molar-refractivity contribution is 0.0505. The molecule has 2 amide bonds. The summed E-state index contributed by atoms with van der Waals surface area (Å²) in [6, 6.07) is 6.50. The van der Waals surface area contributed by atoms with Gasteiger partial charge in [0, 0.05) is 11.7 Å². The van der Waals surface area contributed by atoms with E-state index >= 15 is 0 Å². The van der Waals surface area contributed by atoms with Crippen molar-refractivity contribution in [3.63, 3.8) is 0 Å². The van der Waals surface area contributed by atoms with Gasteiger partial charge in [-0.15, -0.1) is 0 Å². The standard InChI is InChI=1S/C15H22N2O3/c1-4-10-20-14(18)12-6-8-13(9-7-12)17-15(19)16-11(3)5-2/h6-9,11H,4-5,10H2,1-3H3,(H2,16,17,19)/t11-/m0/s1. The van der Waals surface area contributed by atoms with Crippen molar-refractivity contribution in [3.8, 4) is 0 Å². The first-order chi connectivity index (χ1) is 9.56. The number of amides is 2. The Balaban J connectivity index is 2.54. The number of rotatable bonds is 6. The topological polar surface area (TPSA) is 67.4 Å².